The van der Waals surface area contributed by atoms with Gasteiger partial charge < -0.3 is 4.74 Å². The number of fused-ring (bicyclic) bond motifs is 1. The van der Waals surface area contributed by atoms with Crippen LogP contribution in [0.5, 0.6) is 5.75 Å². The van der Waals surface area contributed by atoms with Crippen molar-refractivity contribution in [2.45, 2.75) is 9.79 Å². The third-order valence-electron chi connectivity index (χ3n) is 2.88. The third kappa shape index (κ3) is 2.56. The summed E-state index contributed by atoms with van der Waals surface area (Å²) in [6.07, 6.45) is 1.85. The van der Waals surface area contributed by atoms with Crippen LogP contribution < -0.4 is 4.74 Å². The van der Waals surface area contributed by atoms with Crippen molar-refractivity contribution in [3.05, 3.63) is 60.8 Å². The molecule has 94 valence electrons. The molecule has 2 aromatic carbocycles. The molecule has 3 heteroatoms. The van der Waals surface area contributed by atoms with Crippen molar-refractivity contribution < 1.29 is 4.74 Å². The molecule has 2 nitrogen and oxygen atoms in total. The van der Waals surface area contributed by atoms with Crippen molar-refractivity contribution in [3.63, 3.8) is 0 Å². The first-order valence-electron chi connectivity index (χ1n) is 6.02. The Morgan fingerprint density at radius 3 is 2.63 bits per heavy atom. The lowest BCUT2D eigenvalue weighted by Gasteiger charge is -2.07. The number of pyridine rings is 1. The van der Waals surface area contributed by atoms with Gasteiger partial charge in [-0.05, 0) is 36.4 Å². The Labute approximate surface area is 116 Å². The van der Waals surface area contributed by atoms with Gasteiger partial charge in [0.05, 0.1) is 12.6 Å². The Balaban J connectivity index is 2.07. The summed E-state index contributed by atoms with van der Waals surface area (Å²) in [5, 5.41) is 1.12. The Bertz CT molecular complexity index is 697. The van der Waals surface area contributed by atoms with E-state index >= 15 is 0 Å². The standard InChI is InChI=1S/C16H13NOS/c1-18-12-7-8-15-14(11-12)16(9-10-17-15)19-13-5-3-2-4-6-13/h2-11H,1H3. The van der Waals surface area contributed by atoms with E-state index in [1.54, 1.807) is 18.9 Å². The smallest absolute Gasteiger partial charge is 0.119 e. The maximum absolute atomic E-state index is 5.29. The fourth-order valence-corrected chi connectivity index (χ4v) is 2.88. The molecule has 0 bridgehead atoms. The summed E-state index contributed by atoms with van der Waals surface area (Å²) >= 11 is 1.74. The molecule has 0 fully saturated rings. The molecular weight excluding hydrogens is 254 g/mol. The summed E-state index contributed by atoms with van der Waals surface area (Å²) in [6, 6.07) is 18.3. The van der Waals surface area contributed by atoms with Crippen LogP contribution in [0.1, 0.15) is 0 Å². The second-order valence-electron chi connectivity index (χ2n) is 4.11. The van der Waals surface area contributed by atoms with Crippen LogP contribution in [-0.2, 0) is 0 Å². The molecule has 3 rings (SSSR count). The summed E-state index contributed by atoms with van der Waals surface area (Å²) < 4.78 is 5.29. The lowest BCUT2D eigenvalue weighted by atomic mass is 10.2. The minimum Gasteiger partial charge on any atom is -0.497 e. The number of aromatic nitrogens is 1. The SMILES string of the molecule is COc1ccc2nccc(Sc3ccccc3)c2c1. The van der Waals surface area contributed by atoms with Gasteiger partial charge in [0.1, 0.15) is 5.75 Å². The number of ether oxygens (including phenoxy) is 1. The normalized spacial score (nSPS) is 10.6. The van der Waals surface area contributed by atoms with Crippen molar-refractivity contribution >= 4 is 22.7 Å². The Kier molecular flexibility index (Phi) is 3.38. The van der Waals surface area contributed by atoms with Gasteiger partial charge >= 0.3 is 0 Å². The number of benzene rings is 2. The number of rotatable bonds is 3. The molecule has 1 heterocycles. The lowest BCUT2D eigenvalue weighted by molar-refractivity contribution is 0.415. The number of hydrogen-bond acceptors (Lipinski definition) is 3. The van der Waals surface area contributed by atoms with Crippen molar-refractivity contribution in [3.8, 4) is 5.75 Å². The predicted octanol–water partition coefficient (Wildman–Crippen LogP) is 4.39. The summed E-state index contributed by atoms with van der Waals surface area (Å²) in [5.41, 5.74) is 0.988. The van der Waals surface area contributed by atoms with E-state index in [9.17, 15) is 0 Å². The van der Waals surface area contributed by atoms with Crippen LogP contribution in [0.4, 0.5) is 0 Å². The maximum Gasteiger partial charge on any atom is 0.119 e. The van der Waals surface area contributed by atoms with Crippen LogP contribution in [0.15, 0.2) is 70.6 Å². The first kappa shape index (κ1) is 12.1. The molecule has 0 N–H and O–H groups in total. The van der Waals surface area contributed by atoms with Crippen LogP contribution in [0.25, 0.3) is 10.9 Å². The van der Waals surface area contributed by atoms with Gasteiger partial charge in [-0.15, -0.1) is 0 Å². The van der Waals surface area contributed by atoms with E-state index in [-0.39, 0.29) is 0 Å². The van der Waals surface area contributed by atoms with E-state index in [4.69, 9.17) is 4.74 Å². The van der Waals surface area contributed by atoms with E-state index in [0.29, 0.717) is 0 Å². The van der Waals surface area contributed by atoms with Gasteiger partial charge in [0, 0.05) is 21.4 Å². The monoisotopic (exact) mass is 267 g/mol. The van der Waals surface area contributed by atoms with Crippen molar-refractivity contribution in [2.24, 2.45) is 0 Å². The molecule has 0 aliphatic rings. The number of nitrogens with zero attached hydrogens (tertiary/aromatic N) is 1. The second kappa shape index (κ2) is 5.33. The van der Waals surface area contributed by atoms with Crippen LogP contribution in [-0.4, -0.2) is 12.1 Å². The molecule has 0 saturated carbocycles. The highest BCUT2D eigenvalue weighted by Crippen LogP contribution is 2.33. The van der Waals surface area contributed by atoms with Crippen LogP contribution in [0.2, 0.25) is 0 Å². The first-order chi connectivity index (χ1) is 9.36. The maximum atomic E-state index is 5.29. The van der Waals surface area contributed by atoms with Crippen LogP contribution >= 0.6 is 11.8 Å². The molecule has 0 spiro atoms. The third-order valence-corrected chi connectivity index (χ3v) is 3.96. The Hall–Kier alpha value is -2.00. The predicted molar refractivity (Wildman–Crippen MR) is 78.9 cm³/mol. The van der Waals surface area contributed by atoms with E-state index in [1.165, 1.54) is 9.79 Å². The fraction of sp³-hybridized carbons (Fsp3) is 0.0625. The molecule has 0 amide bonds. The van der Waals surface area contributed by atoms with Gasteiger partial charge in [0.25, 0.3) is 0 Å². The van der Waals surface area contributed by atoms with Crippen LogP contribution in [0.3, 0.4) is 0 Å². The molecule has 1 aromatic heterocycles. The molecule has 19 heavy (non-hydrogen) atoms. The van der Waals surface area contributed by atoms with E-state index in [2.05, 4.69) is 17.1 Å². The summed E-state index contributed by atoms with van der Waals surface area (Å²) in [6.45, 7) is 0. The molecule has 0 aliphatic carbocycles. The topological polar surface area (TPSA) is 22.1 Å². The van der Waals surface area contributed by atoms with Gasteiger partial charge in [0.15, 0.2) is 0 Å². The average Bonchev–Trinajstić information content (AvgIpc) is 2.48. The van der Waals surface area contributed by atoms with Crippen molar-refractivity contribution in [1.29, 1.82) is 0 Å². The van der Waals surface area contributed by atoms with E-state index < -0.39 is 0 Å². The highest BCUT2D eigenvalue weighted by molar-refractivity contribution is 7.99. The van der Waals surface area contributed by atoms with Crippen molar-refractivity contribution in [2.75, 3.05) is 7.11 Å². The minimum atomic E-state index is 0.857. The zero-order valence-electron chi connectivity index (χ0n) is 10.5. The van der Waals surface area contributed by atoms with E-state index in [0.717, 1.165) is 16.7 Å². The molecule has 0 aliphatic heterocycles. The minimum absolute atomic E-state index is 0.857. The largest absolute Gasteiger partial charge is 0.497 e. The quantitative estimate of drug-likeness (QED) is 0.702. The first-order valence-corrected chi connectivity index (χ1v) is 6.84. The van der Waals surface area contributed by atoms with Gasteiger partial charge in [0.2, 0.25) is 0 Å². The zero-order valence-corrected chi connectivity index (χ0v) is 11.4. The summed E-state index contributed by atoms with van der Waals surface area (Å²) in [7, 11) is 1.68. The summed E-state index contributed by atoms with van der Waals surface area (Å²) in [5.74, 6) is 0.857. The Morgan fingerprint density at radius 1 is 1.00 bits per heavy atom. The summed E-state index contributed by atoms with van der Waals surface area (Å²) in [4.78, 5) is 6.80. The van der Waals surface area contributed by atoms with Gasteiger partial charge in [-0.2, -0.15) is 0 Å². The fourth-order valence-electron chi connectivity index (χ4n) is 1.93. The second-order valence-corrected chi connectivity index (χ2v) is 5.22. The Morgan fingerprint density at radius 2 is 1.84 bits per heavy atom. The molecular formula is C16H13NOS. The number of hydrogen-bond donors (Lipinski definition) is 0. The zero-order chi connectivity index (χ0) is 13.1. The molecule has 3 aromatic rings. The lowest BCUT2D eigenvalue weighted by Crippen LogP contribution is -1.86. The van der Waals surface area contributed by atoms with Crippen LogP contribution in [0, 0.1) is 0 Å². The molecule has 0 atom stereocenters. The molecule has 0 radical (unpaired) electrons. The van der Waals surface area contributed by atoms with Gasteiger partial charge in [-0.3, -0.25) is 4.98 Å². The molecule has 0 unspecified atom stereocenters. The van der Waals surface area contributed by atoms with Gasteiger partial charge in [-0.25, -0.2) is 0 Å². The highest BCUT2D eigenvalue weighted by atomic mass is 32.2. The van der Waals surface area contributed by atoms with Gasteiger partial charge in [-0.1, -0.05) is 30.0 Å². The number of methoxy groups -OCH3 is 1. The highest BCUT2D eigenvalue weighted by Gasteiger charge is 2.05. The van der Waals surface area contributed by atoms with Crippen molar-refractivity contribution in [1.82, 2.24) is 4.98 Å². The van der Waals surface area contributed by atoms with E-state index in [1.807, 2.05) is 48.7 Å². The average molecular weight is 267 g/mol. The molecule has 0 saturated heterocycles.